The molecule has 112 valence electrons. The van der Waals surface area contributed by atoms with Crippen LogP contribution in [0.1, 0.15) is 29.8 Å². The zero-order valence-electron chi connectivity index (χ0n) is 11.8. The number of nitrogens with one attached hydrogen (secondary N) is 1. The molecule has 1 N–H and O–H groups in total. The van der Waals surface area contributed by atoms with Crippen LogP contribution in [0.2, 0.25) is 0 Å². The Morgan fingerprint density at radius 1 is 1.50 bits per heavy atom. The summed E-state index contributed by atoms with van der Waals surface area (Å²) < 4.78 is 23.3. The predicted octanol–water partition coefficient (Wildman–Crippen LogP) is 1.44. The summed E-state index contributed by atoms with van der Waals surface area (Å²) >= 11 is 1.86. The summed E-state index contributed by atoms with van der Waals surface area (Å²) in [5, 5.41) is 5.52. The summed E-state index contributed by atoms with van der Waals surface area (Å²) in [7, 11) is -2.82. The summed E-state index contributed by atoms with van der Waals surface area (Å²) in [6.45, 7) is 4.94. The molecule has 0 spiro atoms. The lowest BCUT2D eigenvalue weighted by atomic mass is 10.0. The molecule has 2 aliphatic rings. The van der Waals surface area contributed by atoms with Crippen molar-refractivity contribution in [3.05, 3.63) is 21.9 Å². The zero-order valence-corrected chi connectivity index (χ0v) is 13.5. The van der Waals surface area contributed by atoms with E-state index in [1.54, 1.807) is 0 Å². The highest BCUT2D eigenvalue weighted by Crippen LogP contribution is 2.32. The fourth-order valence-corrected chi connectivity index (χ4v) is 5.70. The summed E-state index contributed by atoms with van der Waals surface area (Å²) in [6, 6.07) is 2.83. The van der Waals surface area contributed by atoms with Gasteiger partial charge in [0.2, 0.25) is 0 Å². The second-order valence-corrected chi connectivity index (χ2v) is 9.04. The maximum Gasteiger partial charge on any atom is 0.153 e. The number of rotatable bonds is 3. The van der Waals surface area contributed by atoms with Gasteiger partial charge in [-0.15, -0.1) is 11.3 Å². The molecular formula is C14H22N2O2S2. The lowest BCUT2D eigenvalue weighted by Crippen LogP contribution is -2.47. The highest BCUT2D eigenvalue weighted by Gasteiger charge is 2.27. The summed E-state index contributed by atoms with van der Waals surface area (Å²) in [5.41, 5.74) is 1.46. The first-order valence-electron chi connectivity index (χ1n) is 7.29. The second kappa shape index (κ2) is 5.75. The Kier molecular flexibility index (Phi) is 4.17. The monoisotopic (exact) mass is 314 g/mol. The van der Waals surface area contributed by atoms with E-state index < -0.39 is 9.84 Å². The molecule has 20 heavy (non-hydrogen) atoms. The number of hydrogen-bond acceptors (Lipinski definition) is 5. The molecule has 1 saturated heterocycles. The van der Waals surface area contributed by atoms with E-state index in [0.29, 0.717) is 24.1 Å². The van der Waals surface area contributed by atoms with Crippen LogP contribution in [0.15, 0.2) is 11.4 Å². The summed E-state index contributed by atoms with van der Waals surface area (Å²) in [5.74, 6) is 0.598. The molecule has 1 fully saturated rings. The molecule has 4 nitrogen and oxygen atoms in total. The van der Waals surface area contributed by atoms with E-state index in [9.17, 15) is 8.42 Å². The van der Waals surface area contributed by atoms with Gasteiger partial charge in [0.05, 0.1) is 11.5 Å². The first-order chi connectivity index (χ1) is 9.55. The molecule has 1 aromatic rings. The molecule has 0 aromatic carbocycles. The molecule has 0 radical (unpaired) electrons. The molecule has 3 heterocycles. The second-order valence-electron chi connectivity index (χ2n) is 5.82. The lowest BCUT2D eigenvalue weighted by Gasteiger charge is -2.35. The molecule has 6 heteroatoms. The van der Waals surface area contributed by atoms with Crippen molar-refractivity contribution in [2.24, 2.45) is 0 Å². The molecule has 2 aliphatic heterocycles. The van der Waals surface area contributed by atoms with Gasteiger partial charge in [-0.1, -0.05) is 0 Å². The average Bonchev–Trinajstić information content (AvgIpc) is 2.86. The maximum absolute atomic E-state index is 11.7. The van der Waals surface area contributed by atoms with Crippen molar-refractivity contribution in [2.75, 3.05) is 31.1 Å². The normalized spacial score (nSPS) is 30.1. The van der Waals surface area contributed by atoms with Gasteiger partial charge < -0.3 is 5.32 Å². The van der Waals surface area contributed by atoms with Crippen LogP contribution in [0, 0.1) is 0 Å². The molecule has 3 rings (SSSR count). The van der Waals surface area contributed by atoms with Gasteiger partial charge in [-0.2, -0.15) is 0 Å². The minimum absolute atomic E-state index is 0.129. The van der Waals surface area contributed by atoms with Crippen LogP contribution in [0.5, 0.6) is 0 Å². The van der Waals surface area contributed by atoms with E-state index in [0.717, 1.165) is 25.9 Å². The molecule has 0 saturated carbocycles. The van der Waals surface area contributed by atoms with Crippen molar-refractivity contribution >= 4 is 21.2 Å². The van der Waals surface area contributed by atoms with Crippen LogP contribution in [0.25, 0.3) is 0 Å². The first-order valence-corrected chi connectivity index (χ1v) is 9.99. The maximum atomic E-state index is 11.7. The van der Waals surface area contributed by atoms with Crippen LogP contribution < -0.4 is 5.32 Å². The van der Waals surface area contributed by atoms with Gasteiger partial charge in [0.1, 0.15) is 0 Å². The van der Waals surface area contributed by atoms with Crippen LogP contribution >= 0.6 is 11.3 Å². The summed E-state index contributed by atoms with van der Waals surface area (Å²) in [6.07, 6.45) is 2.05. The average molecular weight is 314 g/mol. The van der Waals surface area contributed by atoms with Gasteiger partial charge in [-0.25, -0.2) is 8.42 Å². The fraction of sp³-hybridized carbons (Fsp3) is 0.714. The largest absolute Gasteiger partial charge is 0.312 e. The van der Waals surface area contributed by atoms with E-state index in [-0.39, 0.29) is 6.04 Å². The van der Waals surface area contributed by atoms with Crippen LogP contribution in [0.4, 0.5) is 0 Å². The van der Waals surface area contributed by atoms with E-state index >= 15 is 0 Å². The Hall–Kier alpha value is -0.430. The Morgan fingerprint density at radius 2 is 2.35 bits per heavy atom. The molecule has 0 bridgehead atoms. The quantitative estimate of drug-likeness (QED) is 0.917. The topological polar surface area (TPSA) is 49.4 Å². The smallest absolute Gasteiger partial charge is 0.153 e. The first kappa shape index (κ1) is 14.5. The lowest BCUT2D eigenvalue weighted by molar-refractivity contribution is 0.191. The van der Waals surface area contributed by atoms with Crippen molar-refractivity contribution in [1.29, 1.82) is 0 Å². The van der Waals surface area contributed by atoms with E-state index in [2.05, 4.69) is 28.6 Å². The van der Waals surface area contributed by atoms with Crippen molar-refractivity contribution in [3.8, 4) is 0 Å². The summed E-state index contributed by atoms with van der Waals surface area (Å²) in [4.78, 5) is 4.00. The minimum atomic E-state index is -2.82. The van der Waals surface area contributed by atoms with Gasteiger partial charge >= 0.3 is 0 Å². The number of thiophene rings is 1. The SMILES string of the molecule is CC1c2ccsc2CCN1CCC1CS(=O)(=O)CCN1. The van der Waals surface area contributed by atoms with Gasteiger partial charge in [-0.05, 0) is 36.8 Å². The highest BCUT2D eigenvalue weighted by molar-refractivity contribution is 7.91. The van der Waals surface area contributed by atoms with Crippen LogP contribution in [0.3, 0.4) is 0 Å². The minimum Gasteiger partial charge on any atom is -0.312 e. The fourth-order valence-electron chi connectivity index (χ4n) is 3.24. The molecule has 2 unspecified atom stereocenters. The molecule has 0 aliphatic carbocycles. The zero-order chi connectivity index (χ0) is 14.2. The van der Waals surface area contributed by atoms with Gasteiger partial charge in [0.25, 0.3) is 0 Å². The van der Waals surface area contributed by atoms with E-state index in [4.69, 9.17) is 0 Å². The Morgan fingerprint density at radius 3 is 3.15 bits per heavy atom. The predicted molar refractivity (Wildman–Crippen MR) is 83.1 cm³/mol. The Balaban J connectivity index is 1.57. The number of hydrogen-bond donors (Lipinski definition) is 1. The van der Waals surface area contributed by atoms with Crippen molar-refractivity contribution in [1.82, 2.24) is 10.2 Å². The van der Waals surface area contributed by atoms with E-state index in [1.807, 2.05) is 11.3 Å². The highest BCUT2D eigenvalue weighted by atomic mass is 32.2. The third-order valence-electron chi connectivity index (χ3n) is 4.47. The van der Waals surface area contributed by atoms with Gasteiger partial charge in [-0.3, -0.25) is 4.90 Å². The Labute approximate surface area is 125 Å². The van der Waals surface area contributed by atoms with Crippen molar-refractivity contribution < 1.29 is 8.42 Å². The molecule has 2 atom stereocenters. The molecule has 0 amide bonds. The third kappa shape index (κ3) is 3.08. The van der Waals surface area contributed by atoms with E-state index in [1.165, 1.54) is 10.4 Å². The number of fused-ring (bicyclic) bond motifs is 1. The van der Waals surface area contributed by atoms with Crippen LogP contribution in [-0.2, 0) is 16.3 Å². The van der Waals surface area contributed by atoms with Crippen molar-refractivity contribution in [2.45, 2.75) is 31.8 Å². The Bertz CT molecular complexity index is 567. The van der Waals surface area contributed by atoms with Crippen LogP contribution in [-0.4, -0.2) is 50.5 Å². The standard InChI is InChI=1S/C14H22N2O2S2/c1-11-13-4-8-19-14(13)3-7-16(11)6-2-12-10-20(17,18)9-5-15-12/h4,8,11-12,15H,2-3,5-7,9-10H2,1H3. The van der Waals surface area contributed by atoms with Gasteiger partial charge in [0.15, 0.2) is 9.84 Å². The molecule has 1 aromatic heterocycles. The van der Waals surface area contributed by atoms with Crippen molar-refractivity contribution in [3.63, 3.8) is 0 Å². The van der Waals surface area contributed by atoms with Gasteiger partial charge in [0, 0.05) is 36.6 Å². The molecular weight excluding hydrogens is 292 g/mol. The number of nitrogens with zero attached hydrogens (tertiary/aromatic N) is 1. The number of sulfone groups is 1. The third-order valence-corrected chi connectivity index (χ3v) is 7.20.